The average molecular weight is 313 g/mol. The van der Waals surface area contributed by atoms with Crippen molar-refractivity contribution >= 4 is 21.9 Å². The predicted octanol–water partition coefficient (Wildman–Crippen LogP) is 2.67. The number of benzene rings is 1. The zero-order valence-corrected chi connectivity index (χ0v) is 10.2. The van der Waals surface area contributed by atoms with Crippen LogP contribution in [0, 0.1) is 0 Å². The summed E-state index contributed by atoms with van der Waals surface area (Å²) < 4.78 is 41.5. The number of halogens is 4. The number of aliphatic hydroxyl groups excluding tert-OH is 1. The van der Waals surface area contributed by atoms with Crippen LogP contribution in [0.3, 0.4) is 0 Å². The molecule has 17 heavy (non-hydrogen) atoms. The minimum atomic E-state index is -4.56. The molecule has 1 aromatic carbocycles. The first-order valence-electron chi connectivity index (χ1n) is 4.40. The Balaban J connectivity index is 3.24. The smallest absolute Gasteiger partial charge is 0.417 e. The number of hydrogen-bond acceptors (Lipinski definition) is 3. The van der Waals surface area contributed by atoms with Crippen molar-refractivity contribution in [1.82, 2.24) is 0 Å². The van der Waals surface area contributed by atoms with Gasteiger partial charge in [-0.1, -0.05) is 12.1 Å². The molecular weight excluding hydrogens is 305 g/mol. The van der Waals surface area contributed by atoms with Crippen molar-refractivity contribution in [2.24, 2.45) is 0 Å². The fraction of sp³-hybridized carbons (Fsp3) is 0.300. The van der Waals surface area contributed by atoms with Crippen LogP contribution < -0.4 is 0 Å². The monoisotopic (exact) mass is 312 g/mol. The van der Waals surface area contributed by atoms with Crippen molar-refractivity contribution in [3.8, 4) is 0 Å². The van der Waals surface area contributed by atoms with Crippen LogP contribution >= 0.6 is 15.9 Å². The van der Waals surface area contributed by atoms with Crippen LogP contribution in [0.4, 0.5) is 13.2 Å². The molecule has 1 rings (SSSR count). The number of methoxy groups -OCH3 is 1. The van der Waals surface area contributed by atoms with Gasteiger partial charge in [0.2, 0.25) is 0 Å². The van der Waals surface area contributed by atoms with E-state index in [2.05, 4.69) is 20.7 Å². The summed E-state index contributed by atoms with van der Waals surface area (Å²) in [5.41, 5.74) is -1.15. The van der Waals surface area contributed by atoms with Gasteiger partial charge in [0.15, 0.2) is 6.10 Å². The molecule has 0 aliphatic heterocycles. The zero-order chi connectivity index (χ0) is 13.2. The van der Waals surface area contributed by atoms with E-state index in [0.29, 0.717) is 0 Å². The van der Waals surface area contributed by atoms with Crippen LogP contribution in [0.25, 0.3) is 0 Å². The molecule has 1 aromatic rings. The normalized spacial score (nSPS) is 13.3. The SMILES string of the molecule is COC(=O)C(O)c1cccc(C(F)(F)F)c1Br. The molecule has 0 aromatic heterocycles. The van der Waals surface area contributed by atoms with Crippen molar-refractivity contribution in [2.75, 3.05) is 7.11 Å². The second-order valence-electron chi connectivity index (χ2n) is 3.13. The molecule has 0 amide bonds. The number of aliphatic hydroxyl groups is 1. The van der Waals surface area contributed by atoms with Gasteiger partial charge in [0, 0.05) is 10.0 Å². The van der Waals surface area contributed by atoms with Crippen molar-refractivity contribution in [1.29, 1.82) is 0 Å². The predicted molar refractivity (Wildman–Crippen MR) is 56.1 cm³/mol. The highest BCUT2D eigenvalue weighted by atomic mass is 79.9. The molecule has 1 N–H and O–H groups in total. The molecule has 0 fully saturated rings. The minimum Gasteiger partial charge on any atom is -0.467 e. The van der Waals surface area contributed by atoms with Gasteiger partial charge in [-0.25, -0.2) is 4.79 Å². The number of ether oxygens (including phenoxy) is 1. The Hall–Kier alpha value is -1.08. The second kappa shape index (κ2) is 5.05. The molecular formula is C10H8BrF3O3. The van der Waals surface area contributed by atoms with Crippen molar-refractivity contribution in [3.63, 3.8) is 0 Å². The Morgan fingerprint density at radius 3 is 2.53 bits per heavy atom. The van der Waals surface area contributed by atoms with E-state index in [1.165, 1.54) is 6.07 Å². The van der Waals surface area contributed by atoms with E-state index in [9.17, 15) is 23.1 Å². The minimum absolute atomic E-state index is 0.188. The van der Waals surface area contributed by atoms with Crippen LogP contribution in [0.15, 0.2) is 22.7 Å². The molecule has 0 bridgehead atoms. The van der Waals surface area contributed by atoms with Gasteiger partial charge in [-0.05, 0) is 22.0 Å². The Bertz CT molecular complexity index is 431. The molecule has 1 unspecified atom stereocenters. The highest BCUT2D eigenvalue weighted by Gasteiger charge is 2.35. The van der Waals surface area contributed by atoms with Gasteiger partial charge in [0.25, 0.3) is 0 Å². The topological polar surface area (TPSA) is 46.5 Å². The van der Waals surface area contributed by atoms with Gasteiger partial charge >= 0.3 is 12.1 Å². The Morgan fingerprint density at radius 1 is 1.47 bits per heavy atom. The average Bonchev–Trinajstić information content (AvgIpc) is 2.25. The Labute approximate surface area is 103 Å². The van der Waals surface area contributed by atoms with Crippen LogP contribution in [-0.2, 0) is 15.7 Å². The maximum Gasteiger partial charge on any atom is 0.417 e. The summed E-state index contributed by atoms with van der Waals surface area (Å²) >= 11 is 2.73. The van der Waals surface area contributed by atoms with E-state index in [-0.39, 0.29) is 10.0 Å². The summed E-state index contributed by atoms with van der Waals surface area (Å²) in [6.07, 6.45) is -6.32. The Morgan fingerprint density at radius 2 is 2.06 bits per heavy atom. The van der Waals surface area contributed by atoms with Crippen molar-refractivity contribution in [2.45, 2.75) is 12.3 Å². The lowest BCUT2D eigenvalue weighted by atomic mass is 10.1. The van der Waals surface area contributed by atoms with Gasteiger partial charge in [0.05, 0.1) is 12.7 Å². The molecule has 0 saturated heterocycles. The van der Waals surface area contributed by atoms with Gasteiger partial charge in [-0.15, -0.1) is 0 Å². The van der Waals surface area contributed by atoms with E-state index in [4.69, 9.17) is 0 Å². The molecule has 0 radical (unpaired) electrons. The first-order valence-corrected chi connectivity index (χ1v) is 5.19. The van der Waals surface area contributed by atoms with Crippen LogP contribution in [-0.4, -0.2) is 18.2 Å². The highest BCUT2D eigenvalue weighted by molar-refractivity contribution is 9.10. The van der Waals surface area contributed by atoms with Gasteiger partial charge < -0.3 is 9.84 Å². The molecule has 7 heteroatoms. The largest absolute Gasteiger partial charge is 0.467 e. The lowest BCUT2D eigenvalue weighted by Gasteiger charge is -2.15. The number of hydrogen-bond donors (Lipinski definition) is 1. The maximum absolute atomic E-state index is 12.5. The fourth-order valence-corrected chi connectivity index (χ4v) is 1.92. The molecule has 0 aliphatic rings. The van der Waals surface area contributed by atoms with E-state index in [1.807, 2.05) is 0 Å². The third kappa shape index (κ3) is 2.98. The third-order valence-corrected chi connectivity index (χ3v) is 2.94. The summed E-state index contributed by atoms with van der Waals surface area (Å²) in [7, 11) is 1.03. The van der Waals surface area contributed by atoms with Gasteiger partial charge in [-0.3, -0.25) is 0 Å². The van der Waals surface area contributed by atoms with E-state index in [0.717, 1.165) is 19.2 Å². The highest BCUT2D eigenvalue weighted by Crippen LogP contribution is 2.38. The summed E-state index contributed by atoms with van der Waals surface area (Å²) in [4.78, 5) is 11.1. The first kappa shape index (κ1) is 14.0. The van der Waals surface area contributed by atoms with Gasteiger partial charge in [-0.2, -0.15) is 13.2 Å². The van der Waals surface area contributed by atoms with E-state index < -0.39 is 23.8 Å². The molecule has 0 saturated carbocycles. The number of esters is 1. The molecule has 94 valence electrons. The third-order valence-electron chi connectivity index (χ3n) is 2.05. The van der Waals surface area contributed by atoms with Crippen LogP contribution in [0.2, 0.25) is 0 Å². The fourth-order valence-electron chi connectivity index (χ4n) is 1.22. The summed E-state index contributed by atoms with van der Waals surface area (Å²) in [6.45, 7) is 0. The number of alkyl halides is 3. The lowest BCUT2D eigenvalue weighted by molar-refractivity contribution is -0.151. The van der Waals surface area contributed by atoms with Crippen LogP contribution in [0.1, 0.15) is 17.2 Å². The molecule has 0 spiro atoms. The lowest BCUT2D eigenvalue weighted by Crippen LogP contribution is -2.16. The molecule has 1 atom stereocenters. The van der Waals surface area contributed by atoms with Crippen molar-refractivity contribution < 1.29 is 27.8 Å². The summed E-state index contributed by atoms with van der Waals surface area (Å²) in [6, 6.07) is 3.16. The van der Waals surface area contributed by atoms with E-state index in [1.54, 1.807) is 0 Å². The number of carbonyl (C=O) groups excluding carboxylic acids is 1. The maximum atomic E-state index is 12.5. The summed E-state index contributed by atoms with van der Waals surface area (Å²) in [5, 5.41) is 9.49. The summed E-state index contributed by atoms with van der Waals surface area (Å²) in [5.74, 6) is -1.02. The quantitative estimate of drug-likeness (QED) is 0.854. The van der Waals surface area contributed by atoms with Gasteiger partial charge in [0.1, 0.15) is 0 Å². The molecule has 3 nitrogen and oxygen atoms in total. The Kier molecular flexibility index (Phi) is 4.16. The second-order valence-corrected chi connectivity index (χ2v) is 3.93. The number of rotatable bonds is 2. The standard InChI is InChI=1S/C10H8BrF3O3/c1-17-9(16)8(15)5-3-2-4-6(7(5)11)10(12,13)14/h2-4,8,15H,1H3. The number of carbonyl (C=O) groups is 1. The van der Waals surface area contributed by atoms with E-state index >= 15 is 0 Å². The first-order chi connectivity index (χ1) is 7.79. The molecule has 0 heterocycles. The van der Waals surface area contributed by atoms with Crippen LogP contribution in [0.5, 0.6) is 0 Å². The molecule has 0 aliphatic carbocycles. The zero-order valence-electron chi connectivity index (χ0n) is 8.58. The van der Waals surface area contributed by atoms with Crippen molar-refractivity contribution in [3.05, 3.63) is 33.8 Å².